The molecule has 44 heavy (non-hydrogen) atoms. The molecule has 0 aliphatic heterocycles. The van der Waals surface area contributed by atoms with Crippen LogP contribution >= 0.6 is 23.6 Å². The first-order valence-electron chi connectivity index (χ1n) is 13.9. The molecule has 2 aromatic heterocycles. The third-order valence-corrected chi connectivity index (χ3v) is 8.03. The molecule has 0 fully saturated rings. The van der Waals surface area contributed by atoms with Crippen molar-refractivity contribution in [2.45, 2.75) is 46.4 Å². The summed E-state index contributed by atoms with van der Waals surface area (Å²) in [6, 6.07) is 19.8. The van der Waals surface area contributed by atoms with Gasteiger partial charge >= 0.3 is 6.36 Å². The van der Waals surface area contributed by atoms with Crippen LogP contribution in [0.5, 0.6) is 5.75 Å². The zero-order valence-electron chi connectivity index (χ0n) is 24.6. The molecule has 0 bridgehead atoms. The van der Waals surface area contributed by atoms with Crippen molar-refractivity contribution < 1.29 is 17.9 Å². The van der Waals surface area contributed by atoms with Crippen molar-refractivity contribution in [1.29, 1.82) is 0 Å². The number of rotatable bonds is 8. The Morgan fingerprint density at radius 2 is 1.77 bits per heavy atom. The minimum atomic E-state index is -4.74. The van der Waals surface area contributed by atoms with Crippen LogP contribution in [0.25, 0.3) is 22.8 Å². The zero-order valence-corrected chi connectivity index (χ0v) is 26.2. The van der Waals surface area contributed by atoms with Gasteiger partial charge in [-0.05, 0) is 85.4 Å². The van der Waals surface area contributed by atoms with Crippen LogP contribution in [0.2, 0.25) is 0 Å². The normalized spacial score (nSPS) is 12.1. The minimum Gasteiger partial charge on any atom is -0.406 e. The number of hydrogen-bond acceptors (Lipinski definition) is 5. The fraction of sp³-hybridized carbons (Fsp3) is 0.250. The second-order valence-corrected chi connectivity index (χ2v) is 11.8. The predicted molar refractivity (Wildman–Crippen MR) is 171 cm³/mol. The standard InChI is InChI=1S/C32H31F3N6OS2/c1-20(2)27-14-5-21(3)17-28(27)41-22(4)18-44-31(41)38-30(43)36-16-15-23-6-8-24(9-7-23)29-37-19-40(39-29)25-10-12-26(13-11-25)42-32(33,34)35/h5-14,17-20H,15-16H2,1-4H3,(H,36,43). The summed E-state index contributed by atoms with van der Waals surface area (Å²) in [5.74, 6) is 0.573. The molecule has 3 aromatic carbocycles. The number of aromatic nitrogens is 4. The number of benzene rings is 3. The first kappa shape index (κ1) is 31.1. The highest BCUT2D eigenvalue weighted by atomic mass is 32.1. The van der Waals surface area contributed by atoms with Crippen LogP contribution in [0.3, 0.4) is 0 Å². The van der Waals surface area contributed by atoms with Crippen LogP contribution in [0, 0.1) is 13.8 Å². The molecule has 0 radical (unpaired) electrons. The fourth-order valence-electron chi connectivity index (χ4n) is 4.68. The number of ether oxygens (including phenoxy) is 1. The molecular weight excluding hydrogens is 606 g/mol. The predicted octanol–water partition coefficient (Wildman–Crippen LogP) is 7.44. The van der Waals surface area contributed by atoms with Gasteiger partial charge in [0.05, 0.1) is 11.4 Å². The van der Waals surface area contributed by atoms with E-state index in [0.717, 1.165) is 33.7 Å². The van der Waals surface area contributed by atoms with E-state index < -0.39 is 6.36 Å². The summed E-state index contributed by atoms with van der Waals surface area (Å²) in [5, 5.41) is 10.2. The van der Waals surface area contributed by atoms with Gasteiger partial charge in [0.25, 0.3) is 0 Å². The van der Waals surface area contributed by atoms with Gasteiger partial charge in [-0.15, -0.1) is 29.6 Å². The van der Waals surface area contributed by atoms with Gasteiger partial charge in [-0.3, -0.25) is 4.57 Å². The summed E-state index contributed by atoms with van der Waals surface area (Å²) >= 11 is 7.14. The van der Waals surface area contributed by atoms with Gasteiger partial charge in [0.15, 0.2) is 15.7 Å². The minimum absolute atomic E-state index is 0.297. The summed E-state index contributed by atoms with van der Waals surface area (Å²) in [4.78, 5) is 9.92. The molecule has 5 rings (SSSR count). The number of hydrogen-bond donors (Lipinski definition) is 1. The zero-order chi connectivity index (χ0) is 31.4. The van der Waals surface area contributed by atoms with E-state index in [9.17, 15) is 13.2 Å². The molecule has 228 valence electrons. The first-order valence-corrected chi connectivity index (χ1v) is 15.2. The molecule has 2 heterocycles. The van der Waals surface area contributed by atoms with E-state index in [1.165, 1.54) is 46.4 Å². The van der Waals surface area contributed by atoms with Gasteiger partial charge in [-0.1, -0.05) is 50.2 Å². The number of thiazole rings is 1. The van der Waals surface area contributed by atoms with E-state index in [-0.39, 0.29) is 5.75 Å². The highest BCUT2D eigenvalue weighted by molar-refractivity contribution is 7.80. The molecular formula is C32H31F3N6OS2. The highest BCUT2D eigenvalue weighted by Crippen LogP contribution is 2.26. The molecule has 0 aliphatic carbocycles. The lowest BCUT2D eigenvalue weighted by Gasteiger charge is -2.16. The van der Waals surface area contributed by atoms with Gasteiger partial charge in [-0.2, -0.15) is 4.99 Å². The fourth-order valence-corrected chi connectivity index (χ4v) is 5.80. The van der Waals surface area contributed by atoms with E-state index in [2.05, 4.69) is 76.0 Å². The number of alkyl halides is 3. The van der Waals surface area contributed by atoms with E-state index >= 15 is 0 Å². The van der Waals surface area contributed by atoms with Gasteiger partial charge in [0.1, 0.15) is 12.1 Å². The Hall–Kier alpha value is -4.29. The van der Waals surface area contributed by atoms with Crippen molar-refractivity contribution >= 4 is 28.7 Å². The van der Waals surface area contributed by atoms with Crippen molar-refractivity contribution in [3.8, 4) is 28.5 Å². The van der Waals surface area contributed by atoms with Crippen LogP contribution < -0.4 is 14.9 Å². The van der Waals surface area contributed by atoms with Crippen LogP contribution in [0.1, 0.15) is 42.1 Å². The van der Waals surface area contributed by atoms with Crippen LogP contribution in [0.4, 0.5) is 13.2 Å². The number of aryl methyl sites for hydroxylation is 2. The Morgan fingerprint density at radius 3 is 2.45 bits per heavy atom. The van der Waals surface area contributed by atoms with E-state index in [1.54, 1.807) is 11.3 Å². The maximum atomic E-state index is 12.4. The van der Waals surface area contributed by atoms with Crippen LogP contribution in [-0.2, 0) is 6.42 Å². The Balaban J connectivity index is 1.20. The van der Waals surface area contributed by atoms with Crippen molar-refractivity contribution in [2.24, 2.45) is 4.99 Å². The molecule has 0 saturated heterocycles. The monoisotopic (exact) mass is 636 g/mol. The second-order valence-electron chi connectivity index (χ2n) is 10.6. The van der Waals surface area contributed by atoms with Gasteiger partial charge < -0.3 is 10.1 Å². The molecule has 0 unspecified atom stereocenters. The Kier molecular flexibility index (Phi) is 9.31. The second kappa shape index (κ2) is 13.1. The summed E-state index contributed by atoms with van der Waals surface area (Å²) < 4.78 is 44.8. The van der Waals surface area contributed by atoms with Crippen molar-refractivity contribution in [1.82, 2.24) is 24.6 Å². The highest BCUT2D eigenvalue weighted by Gasteiger charge is 2.31. The average Bonchev–Trinajstić information content (AvgIpc) is 3.60. The lowest BCUT2D eigenvalue weighted by atomic mass is 9.99. The molecule has 1 N–H and O–H groups in total. The smallest absolute Gasteiger partial charge is 0.406 e. The Morgan fingerprint density at radius 1 is 1.05 bits per heavy atom. The molecule has 0 aliphatic rings. The Labute approximate surface area is 262 Å². The maximum absolute atomic E-state index is 12.4. The lowest BCUT2D eigenvalue weighted by Crippen LogP contribution is -2.26. The molecule has 5 aromatic rings. The number of thiocarbonyl (C=S) groups is 1. The molecule has 12 heteroatoms. The van der Waals surface area contributed by atoms with Gasteiger partial charge in [0, 0.05) is 23.2 Å². The Bertz CT molecular complexity index is 1820. The third kappa shape index (κ3) is 7.61. The molecule has 0 spiro atoms. The maximum Gasteiger partial charge on any atom is 0.573 e. The largest absolute Gasteiger partial charge is 0.573 e. The summed E-state index contributed by atoms with van der Waals surface area (Å²) in [5.41, 5.74) is 7.17. The van der Waals surface area contributed by atoms with E-state index in [0.29, 0.717) is 29.1 Å². The molecule has 0 atom stereocenters. The topological polar surface area (TPSA) is 69.3 Å². The summed E-state index contributed by atoms with van der Waals surface area (Å²) in [6.07, 6.45) is -2.49. The number of halogens is 3. The average molecular weight is 637 g/mol. The quantitative estimate of drug-likeness (QED) is 0.179. The summed E-state index contributed by atoms with van der Waals surface area (Å²) in [7, 11) is 0. The number of nitrogens with zero attached hydrogens (tertiary/aromatic N) is 5. The third-order valence-electron chi connectivity index (χ3n) is 6.85. The van der Waals surface area contributed by atoms with Gasteiger partial charge in [-0.25, -0.2) is 9.67 Å². The summed E-state index contributed by atoms with van der Waals surface area (Å²) in [6.45, 7) is 9.18. The molecule has 0 saturated carbocycles. The SMILES string of the molecule is Cc1ccc(C(C)C)c(-n2c(C)csc2=NC(=S)NCCc2ccc(-c3ncn(-c4ccc(OC(F)(F)F)cc4)n3)cc2)c1. The van der Waals surface area contributed by atoms with Crippen molar-refractivity contribution in [3.63, 3.8) is 0 Å². The van der Waals surface area contributed by atoms with Crippen LogP contribution in [0.15, 0.2) is 83.4 Å². The number of nitrogens with one attached hydrogen (secondary N) is 1. The van der Waals surface area contributed by atoms with Crippen LogP contribution in [-0.4, -0.2) is 37.4 Å². The lowest BCUT2D eigenvalue weighted by molar-refractivity contribution is -0.274. The molecule has 0 amide bonds. The van der Waals surface area contributed by atoms with Crippen molar-refractivity contribution in [2.75, 3.05) is 6.54 Å². The van der Waals surface area contributed by atoms with Gasteiger partial charge in [0.2, 0.25) is 0 Å². The van der Waals surface area contributed by atoms with Crippen molar-refractivity contribution in [3.05, 3.63) is 106 Å². The molecule has 7 nitrogen and oxygen atoms in total. The first-order chi connectivity index (χ1) is 21.0. The van der Waals surface area contributed by atoms with E-state index in [1.807, 2.05) is 24.3 Å². The van der Waals surface area contributed by atoms with E-state index in [4.69, 9.17) is 17.2 Å².